The molecule has 0 radical (unpaired) electrons. The highest BCUT2D eigenvalue weighted by molar-refractivity contribution is 6.31. The van der Waals surface area contributed by atoms with Crippen molar-refractivity contribution in [1.29, 1.82) is 0 Å². The number of anilines is 1. The number of methoxy groups -OCH3 is 2. The molecule has 3 amide bonds. The summed E-state index contributed by atoms with van der Waals surface area (Å²) < 4.78 is 12.7. The van der Waals surface area contributed by atoms with Gasteiger partial charge in [0.1, 0.15) is 12.3 Å². The van der Waals surface area contributed by atoms with Crippen molar-refractivity contribution in [1.82, 2.24) is 14.4 Å². The molecule has 3 rings (SSSR count). The first-order valence-corrected chi connectivity index (χ1v) is 13.5. The van der Waals surface area contributed by atoms with Gasteiger partial charge in [0.05, 0.1) is 19.3 Å². The normalized spacial score (nSPS) is 10.9. The maximum Gasteiger partial charge on any atom is 0.322 e. The maximum atomic E-state index is 13.7. The van der Waals surface area contributed by atoms with E-state index in [0.717, 1.165) is 11.3 Å². The van der Waals surface area contributed by atoms with Gasteiger partial charge in [0.25, 0.3) is 0 Å². The number of carbonyl (C=O) groups is 2. The minimum absolute atomic E-state index is 0.0529. The molecule has 0 spiro atoms. The Balaban J connectivity index is 1.76. The molecule has 9 heteroatoms. The minimum Gasteiger partial charge on any atom is -0.495 e. The molecule has 0 aliphatic carbocycles. The second kappa shape index (κ2) is 15.2. The number of ether oxygens (including phenoxy) is 2. The van der Waals surface area contributed by atoms with E-state index in [0.29, 0.717) is 55.7 Å². The Morgan fingerprint density at radius 3 is 2.46 bits per heavy atom. The SMILES string of the molecule is COCCCN(CC(=O)N(Cc1cccn1Cc1ccccc1Cl)CC(C)C)C(=O)Nc1ccccc1OC. The molecular weight excluding hydrogens is 516 g/mol. The molecule has 1 aromatic heterocycles. The quantitative estimate of drug-likeness (QED) is 0.257. The van der Waals surface area contributed by atoms with Gasteiger partial charge in [0.2, 0.25) is 5.91 Å². The summed E-state index contributed by atoms with van der Waals surface area (Å²) >= 11 is 6.40. The van der Waals surface area contributed by atoms with E-state index in [4.69, 9.17) is 21.1 Å². The summed E-state index contributed by atoms with van der Waals surface area (Å²) in [5.74, 6) is 0.682. The molecule has 0 saturated carbocycles. The molecule has 8 nitrogen and oxygen atoms in total. The third kappa shape index (κ3) is 9.04. The summed E-state index contributed by atoms with van der Waals surface area (Å²) in [6, 6.07) is 18.6. The Bertz CT molecular complexity index is 1210. The zero-order chi connectivity index (χ0) is 28.2. The number of rotatable bonds is 14. The molecule has 39 heavy (non-hydrogen) atoms. The molecule has 3 aromatic rings. The summed E-state index contributed by atoms with van der Waals surface area (Å²) in [5, 5.41) is 3.60. The summed E-state index contributed by atoms with van der Waals surface area (Å²) in [6.45, 7) is 6.56. The van der Waals surface area contributed by atoms with Gasteiger partial charge in [-0.15, -0.1) is 0 Å². The third-order valence-corrected chi connectivity index (χ3v) is 6.62. The van der Waals surface area contributed by atoms with Crippen molar-refractivity contribution in [2.45, 2.75) is 33.4 Å². The number of hydrogen-bond donors (Lipinski definition) is 1. The van der Waals surface area contributed by atoms with Gasteiger partial charge in [-0.3, -0.25) is 4.79 Å². The first-order valence-electron chi connectivity index (χ1n) is 13.2. The topological polar surface area (TPSA) is 76.0 Å². The maximum absolute atomic E-state index is 13.7. The van der Waals surface area contributed by atoms with Crippen molar-refractivity contribution >= 4 is 29.2 Å². The molecule has 0 fully saturated rings. The van der Waals surface area contributed by atoms with E-state index < -0.39 is 0 Å². The van der Waals surface area contributed by atoms with Gasteiger partial charge in [-0.05, 0) is 48.2 Å². The van der Waals surface area contributed by atoms with Gasteiger partial charge in [-0.2, -0.15) is 0 Å². The average molecular weight is 555 g/mol. The second-order valence-corrected chi connectivity index (χ2v) is 10.2. The van der Waals surface area contributed by atoms with E-state index in [-0.39, 0.29) is 24.4 Å². The Labute approximate surface area is 236 Å². The van der Waals surface area contributed by atoms with Crippen molar-refractivity contribution in [2.75, 3.05) is 45.8 Å². The van der Waals surface area contributed by atoms with Crippen LogP contribution in [0.5, 0.6) is 5.75 Å². The van der Waals surface area contributed by atoms with Crippen LogP contribution in [0.2, 0.25) is 5.02 Å². The fourth-order valence-electron chi connectivity index (χ4n) is 4.31. The molecule has 2 aromatic carbocycles. The van der Waals surface area contributed by atoms with Gasteiger partial charge in [0, 0.05) is 50.3 Å². The highest BCUT2D eigenvalue weighted by Crippen LogP contribution is 2.23. The number of urea groups is 1. The number of para-hydroxylation sites is 2. The van der Waals surface area contributed by atoms with Crippen LogP contribution in [0.15, 0.2) is 66.9 Å². The average Bonchev–Trinajstić information content (AvgIpc) is 3.35. The standard InChI is InChI=1S/C30H39ClN4O4/c1-23(2)19-35(21-25-12-9-16-33(25)20-24-11-5-6-13-26(24)31)29(36)22-34(17-10-18-38-3)30(37)32-27-14-7-8-15-28(27)39-4/h5-9,11-16,23H,10,17-22H2,1-4H3,(H,32,37). The lowest BCUT2D eigenvalue weighted by Gasteiger charge is -2.29. The van der Waals surface area contributed by atoms with Crippen LogP contribution >= 0.6 is 11.6 Å². The van der Waals surface area contributed by atoms with Gasteiger partial charge >= 0.3 is 6.03 Å². The Kier molecular flexibility index (Phi) is 11.7. The van der Waals surface area contributed by atoms with Crippen molar-refractivity contribution in [3.8, 4) is 5.75 Å². The highest BCUT2D eigenvalue weighted by Gasteiger charge is 2.23. The fourth-order valence-corrected chi connectivity index (χ4v) is 4.50. The second-order valence-electron chi connectivity index (χ2n) is 9.79. The van der Waals surface area contributed by atoms with Gasteiger partial charge in [-0.1, -0.05) is 55.8 Å². The number of hydrogen-bond acceptors (Lipinski definition) is 4. The fraction of sp³-hybridized carbons (Fsp3) is 0.400. The predicted molar refractivity (Wildman–Crippen MR) is 155 cm³/mol. The molecular formula is C30H39ClN4O4. The predicted octanol–water partition coefficient (Wildman–Crippen LogP) is 5.75. The van der Waals surface area contributed by atoms with Crippen LogP contribution in [0.1, 0.15) is 31.5 Å². The molecule has 0 saturated heterocycles. The molecule has 0 atom stereocenters. The summed E-state index contributed by atoms with van der Waals surface area (Å²) in [4.78, 5) is 30.3. The van der Waals surface area contributed by atoms with Gasteiger partial charge in [0.15, 0.2) is 0 Å². The Hall–Kier alpha value is -3.49. The molecule has 0 bridgehead atoms. The monoisotopic (exact) mass is 554 g/mol. The van der Waals surface area contributed by atoms with E-state index in [1.165, 1.54) is 4.90 Å². The van der Waals surface area contributed by atoms with Crippen molar-refractivity contribution in [3.63, 3.8) is 0 Å². The number of halogens is 1. The lowest BCUT2D eigenvalue weighted by Crippen LogP contribution is -2.46. The van der Waals surface area contributed by atoms with Crippen LogP contribution in [0, 0.1) is 5.92 Å². The smallest absolute Gasteiger partial charge is 0.322 e. The van der Waals surface area contributed by atoms with Gasteiger partial charge in [-0.25, -0.2) is 4.79 Å². The highest BCUT2D eigenvalue weighted by atomic mass is 35.5. The van der Waals surface area contributed by atoms with E-state index >= 15 is 0 Å². The first-order chi connectivity index (χ1) is 18.8. The minimum atomic E-state index is -0.365. The molecule has 0 aliphatic rings. The molecule has 210 valence electrons. The largest absolute Gasteiger partial charge is 0.495 e. The van der Waals surface area contributed by atoms with Crippen LogP contribution in [0.4, 0.5) is 10.5 Å². The Morgan fingerprint density at radius 2 is 1.74 bits per heavy atom. The van der Waals surface area contributed by atoms with Crippen LogP contribution in [-0.2, 0) is 22.6 Å². The van der Waals surface area contributed by atoms with E-state index in [9.17, 15) is 9.59 Å². The van der Waals surface area contributed by atoms with Crippen LogP contribution < -0.4 is 10.1 Å². The Morgan fingerprint density at radius 1 is 1.00 bits per heavy atom. The van der Waals surface area contributed by atoms with Crippen molar-refractivity contribution in [2.24, 2.45) is 5.92 Å². The van der Waals surface area contributed by atoms with Crippen molar-refractivity contribution < 1.29 is 19.1 Å². The molecule has 0 aliphatic heterocycles. The van der Waals surface area contributed by atoms with E-state index in [1.54, 1.807) is 26.4 Å². The third-order valence-electron chi connectivity index (χ3n) is 6.25. The van der Waals surface area contributed by atoms with E-state index in [2.05, 4.69) is 23.7 Å². The molecule has 1 heterocycles. The van der Waals surface area contributed by atoms with Gasteiger partial charge < -0.3 is 29.2 Å². The number of nitrogens with zero attached hydrogens (tertiary/aromatic N) is 3. The number of aromatic nitrogens is 1. The first kappa shape index (κ1) is 30.1. The van der Waals surface area contributed by atoms with Crippen LogP contribution in [-0.4, -0.2) is 66.8 Å². The zero-order valence-electron chi connectivity index (χ0n) is 23.2. The summed E-state index contributed by atoms with van der Waals surface area (Å²) in [7, 11) is 3.17. The number of nitrogens with one attached hydrogen (secondary N) is 1. The van der Waals surface area contributed by atoms with E-state index in [1.807, 2.05) is 59.6 Å². The zero-order valence-corrected chi connectivity index (χ0v) is 24.0. The number of benzene rings is 2. The summed E-state index contributed by atoms with van der Waals surface area (Å²) in [6.07, 6.45) is 2.60. The van der Waals surface area contributed by atoms with Crippen LogP contribution in [0.3, 0.4) is 0 Å². The van der Waals surface area contributed by atoms with Crippen molar-refractivity contribution in [3.05, 3.63) is 83.1 Å². The lowest BCUT2D eigenvalue weighted by molar-refractivity contribution is -0.133. The molecule has 0 unspecified atom stereocenters. The molecule has 1 N–H and O–H groups in total. The summed E-state index contributed by atoms with van der Waals surface area (Å²) in [5.41, 5.74) is 2.55. The van der Waals surface area contributed by atoms with Crippen LogP contribution in [0.25, 0.3) is 0 Å². The lowest BCUT2D eigenvalue weighted by atomic mass is 10.2. The number of carbonyl (C=O) groups excluding carboxylic acids is 2. The number of amides is 3.